The van der Waals surface area contributed by atoms with E-state index in [9.17, 15) is 0 Å². The van der Waals surface area contributed by atoms with Gasteiger partial charge in [0.1, 0.15) is 0 Å². The first kappa shape index (κ1) is 15.9. The van der Waals surface area contributed by atoms with Gasteiger partial charge in [0.05, 0.1) is 0 Å². The van der Waals surface area contributed by atoms with E-state index in [0.29, 0.717) is 6.04 Å². The quantitative estimate of drug-likeness (QED) is 0.828. The maximum atomic E-state index is 3.82. The molecule has 0 radical (unpaired) electrons. The van der Waals surface area contributed by atoms with Crippen molar-refractivity contribution in [3.63, 3.8) is 0 Å². The SMILES string of the molecule is CCCNC(Cc1c(C)cccc1C)C1CCCCS1. The fourth-order valence-electron chi connectivity index (χ4n) is 3.14. The highest BCUT2D eigenvalue weighted by molar-refractivity contribution is 8.00. The number of nitrogens with one attached hydrogen (secondary N) is 1. The van der Waals surface area contributed by atoms with Crippen LogP contribution in [0.3, 0.4) is 0 Å². The lowest BCUT2D eigenvalue weighted by atomic mass is 9.93. The second-order valence-electron chi connectivity index (χ2n) is 6.04. The van der Waals surface area contributed by atoms with Gasteiger partial charge in [-0.15, -0.1) is 0 Å². The van der Waals surface area contributed by atoms with Gasteiger partial charge in [0.2, 0.25) is 0 Å². The van der Waals surface area contributed by atoms with Crippen LogP contribution in [0.2, 0.25) is 0 Å². The highest BCUT2D eigenvalue weighted by Gasteiger charge is 2.24. The van der Waals surface area contributed by atoms with E-state index < -0.39 is 0 Å². The minimum atomic E-state index is 0.639. The summed E-state index contributed by atoms with van der Waals surface area (Å²) < 4.78 is 0. The van der Waals surface area contributed by atoms with Crippen LogP contribution in [0.4, 0.5) is 0 Å². The molecular weight excluding hydrogens is 262 g/mol. The molecule has 0 bridgehead atoms. The number of hydrogen-bond acceptors (Lipinski definition) is 2. The van der Waals surface area contributed by atoms with Crippen molar-refractivity contribution in [1.82, 2.24) is 5.32 Å². The Labute approximate surface area is 128 Å². The Morgan fingerprint density at radius 3 is 2.60 bits per heavy atom. The number of rotatable bonds is 6. The fraction of sp³-hybridized carbons (Fsp3) is 0.667. The van der Waals surface area contributed by atoms with Crippen LogP contribution < -0.4 is 5.32 Å². The lowest BCUT2D eigenvalue weighted by Gasteiger charge is -2.31. The molecule has 112 valence electrons. The topological polar surface area (TPSA) is 12.0 Å². The Morgan fingerprint density at radius 1 is 1.25 bits per heavy atom. The minimum absolute atomic E-state index is 0.639. The second kappa shape index (κ2) is 8.09. The lowest BCUT2D eigenvalue weighted by molar-refractivity contribution is 0.460. The molecule has 1 N–H and O–H groups in total. The van der Waals surface area contributed by atoms with Crippen LogP contribution in [-0.4, -0.2) is 23.6 Å². The van der Waals surface area contributed by atoms with Crippen molar-refractivity contribution in [1.29, 1.82) is 0 Å². The number of benzene rings is 1. The van der Waals surface area contributed by atoms with Crippen molar-refractivity contribution in [3.8, 4) is 0 Å². The standard InChI is InChI=1S/C18H29NS/c1-4-11-19-17(18-10-5-6-12-20-18)13-16-14(2)8-7-9-15(16)3/h7-9,17-19H,4-6,10-13H2,1-3H3. The summed E-state index contributed by atoms with van der Waals surface area (Å²) in [6.45, 7) is 7.92. The molecule has 2 rings (SSSR count). The zero-order valence-corrected chi connectivity index (χ0v) is 14.1. The lowest BCUT2D eigenvalue weighted by Crippen LogP contribution is -2.41. The molecule has 2 heteroatoms. The molecule has 1 aliphatic rings. The van der Waals surface area contributed by atoms with Gasteiger partial charge in [-0.25, -0.2) is 0 Å². The van der Waals surface area contributed by atoms with Gasteiger partial charge in [0, 0.05) is 11.3 Å². The molecule has 0 aliphatic carbocycles. The second-order valence-corrected chi connectivity index (χ2v) is 7.39. The highest BCUT2D eigenvalue weighted by Crippen LogP contribution is 2.30. The molecule has 1 fully saturated rings. The molecule has 0 spiro atoms. The third-order valence-electron chi connectivity index (χ3n) is 4.39. The average molecular weight is 292 g/mol. The third-order valence-corrected chi connectivity index (χ3v) is 5.91. The molecule has 1 aromatic carbocycles. The maximum absolute atomic E-state index is 3.82. The van der Waals surface area contributed by atoms with Crippen LogP contribution in [0.15, 0.2) is 18.2 Å². The molecule has 20 heavy (non-hydrogen) atoms. The van der Waals surface area contributed by atoms with Crippen molar-refractivity contribution in [2.45, 2.75) is 64.2 Å². The zero-order chi connectivity index (χ0) is 14.4. The normalized spacial score (nSPS) is 20.9. The Balaban J connectivity index is 2.09. The van der Waals surface area contributed by atoms with E-state index in [1.54, 1.807) is 5.56 Å². The third kappa shape index (κ3) is 4.26. The minimum Gasteiger partial charge on any atom is -0.313 e. The van der Waals surface area contributed by atoms with Gasteiger partial charge in [0.15, 0.2) is 0 Å². The van der Waals surface area contributed by atoms with E-state index in [4.69, 9.17) is 0 Å². The van der Waals surface area contributed by atoms with Crippen LogP contribution in [0.25, 0.3) is 0 Å². The molecule has 1 nitrogen and oxygen atoms in total. The summed E-state index contributed by atoms with van der Waals surface area (Å²) in [6, 6.07) is 7.33. The first-order valence-corrected chi connectivity index (χ1v) is 9.17. The highest BCUT2D eigenvalue weighted by atomic mass is 32.2. The summed E-state index contributed by atoms with van der Waals surface area (Å²) in [7, 11) is 0. The number of hydrogen-bond donors (Lipinski definition) is 1. The van der Waals surface area contributed by atoms with E-state index in [-0.39, 0.29) is 0 Å². The predicted molar refractivity (Wildman–Crippen MR) is 91.8 cm³/mol. The van der Waals surface area contributed by atoms with Crippen LogP contribution in [0.5, 0.6) is 0 Å². The van der Waals surface area contributed by atoms with Crippen LogP contribution >= 0.6 is 11.8 Å². The number of thioether (sulfide) groups is 1. The molecule has 1 aromatic rings. The Kier molecular flexibility index (Phi) is 6.44. The van der Waals surface area contributed by atoms with E-state index in [1.165, 1.54) is 49.0 Å². The molecule has 2 unspecified atom stereocenters. The summed E-state index contributed by atoms with van der Waals surface area (Å²) in [6.07, 6.45) is 6.62. The number of aryl methyl sites for hydroxylation is 2. The van der Waals surface area contributed by atoms with Crippen molar-refractivity contribution >= 4 is 11.8 Å². The molecule has 1 aliphatic heterocycles. The monoisotopic (exact) mass is 291 g/mol. The Morgan fingerprint density at radius 2 is 2.00 bits per heavy atom. The van der Waals surface area contributed by atoms with Crippen molar-refractivity contribution in [2.75, 3.05) is 12.3 Å². The van der Waals surface area contributed by atoms with E-state index in [2.05, 4.69) is 56.0 Å². The molecule has 1 heterocycles. The Hall–Kier alpha value is -0.470. The van der Waals surface area contributed by atoms with Crippen molar-refractivity contribution in [2.24, 2.45) is 0 Å². The largest absolute Gasteiger partial charge is 0.313 e. The zero-order valence-electron chi connectivity index (χ0n) is 13.2. The van der Waals surface area contributed by atoms with E-state index in [0.717, 1.165) is 11.8 Å². The van der Waals surface area contributed by atoms with Crippen molar-refractivity contribution < 1.29 is 0 Å². The van der Waals surface area contributed by atoms with Gasteiger partial charge >= 0.3 is 0 Å². The van der Waals surface area contributed by atoms with Crippen LogP contribution in [0, 0.1) is 13.8 Å². The average Bonchev–Trinajstić information content (AvgIpc) is 2.47. The summed E-state index contributed by atoms with van der Waals surface area (Å²) in [5, 5.41) is 4.62. The fourth-order valence-corrected chi connectivity index (χ4v) is 4.57. The summed E-state index contributed by atoms with van der Waals surface area (Å²) >= 11 is 2.19. The van der Waals surface area contributed by atoms with Gasteiger partial charge in [-0.1, -0.05) is 31.5 Å². The molecule has 0 amide bonds. The molecule has 0 saturated carbocycles. The van der Waals surface area contributed by atoms with Gasteiger partial charge in [-0.05, 0) is 68.5 Å². The van der Waals surface area contributed by atoms with Crippen LogP contribution in [0.1, 0.15) is 49.3 Å². The first-order chi connectivity index (χ1) is 9.72. The van der Waals surface area contributed by atoms with Gasteiger partial charge in [-0.2, -0.15) is 11.8 Å². The molecule has 0 aromatic heterocycles. The Bertz CT molecular complexity index is 390. The maximum Gasteiger partial charge on any atom is 0.0227 e. The first-order valence-electron chi connectivity index (χ1n) is 8.12. The summed E-state index contributed by atoms with van der Waals surface area (Å²) in [5.41, 5.74) is 4.47. The van der Waals surface area contributed by atoms with Gasteiger partial charge in [0.25, 0.3) is 0 Å². The predicted octanol–water partition coefficient (Wildman–Crippen LogP) is 4.50. The molecular formula is C18H29NS. The molecule has 1 saturated heterocycles. The van der Waals surface area contributed by atoms with E-state index in [1.807, 2.05) is 0 Å². The van der Waals surface area contributed by atoms with Crippen molar-refractivity contribution in [3.05, 3.63) is 34.9 Å². The van der Waals surface area contributed by atoms with E-state index >= 15 is 0 Å². The molecule has 2 atom stereocenters. The van der Waals surface area contributed by atoms with Gasteiger partial charge in [-0.3, -0.25) is 0 Å². The van der Waals surface area contributed by atoms with Crippen LogP contribution in [-0.2, 0) is 6.42 Å². The summed E-state index contributed by atoms with van der Waals surface area (Å²) in [5.74, 6) is 1.35. The smallest absolute Gasteiger partial charge is 0.0227 e. The summed E-state index contributed by atoms with van der Waals surface area (Å²) in [4.78, 5) is 0. The van der Waals surface area contributed by atoms with Gasteiger partial charge < -0.3 is 5.32 Å².